The van der Waals surface area contributed by atoms with E-state index in [0.717, 1.165) is 29.5 Å². The van der Waals surface area contributed by atoms with E-state index in [9.17, 15) is 14.7 Å². The van der Waals surface area contributed by atoms with Gasteiger partial charge in [0.05, 0.1) is 18.6 Å². The Labute approximate surface area is 140 Å². The lowest BCUT2D eigenvalue weighted by Crippen LogP contribution is -2.55. The Kier molecular flexibility index (Phi) is 4.22. The quantitative estimate of drug-likeness (QED) is 0.804. The maximum Gasteiger partial charge on any atom is 0.308 e. The van der Waals surface area contributed by atoms with E-state index in [-0.39, 0.29) is 5.91 Å². The number of aromatic amines is 1. The molecule has 1 aromatic heterocycles. The first-order valence-electron chi connectivity index (χ1n) is 8.15. The van der Waals surface area contributed by atoms with E-state index < -0.39 is 17.4 Å². The first kappa shape index (κ1) is 16.4. The van der Waals surface area contributed by atoms with E-state index in [4.69, 9.17) is 4.74 Å². The molecule has 0 aliphatic heterocycles. The highest BCUT2D eigenvalue weighted by Crippen LogP contribution is 2.34. The molecule has 6 heteroatoms. The average Bonchev–Trinajstić information content (AvgIpc) is 2.97. The molecule has 1 fully saturated rings. The van der Waals surface area contributed by atoms with Crippen molar-refractivity contribution in [3.63, 3.8) is 0 Å². The predicted octanol–water partition coefficient (Wildman–Crippen LogP) is 2.94. The third-order valence-electron chi connectivity index (χ3n) is 4.98. The van der Waals surface area contributed by atoms with Crippen LogP contribution in [0.4, 0.5) is 0 Å². The number of benzene rings is 1. The molecule has 2 aromatic rings. The number of ether oxygens (including phenoxy) is 1. The number of H-pyrrole nitrogens is 1. The molecule has 3 rings (SSSR count). The highest BCUT2D eigenvalue weighted by Gasteiger charge is 2.42. The number of hydrogen-bond acceptors (Lipinski definition) is 3. The van der Waals surface area contributed by atoms with Gasteiger partial charge < -0.3 is 20.1 Å². The fourth-order valence-corrected chi connectivity index (χ4v) is 3.57. The molecule has 1 aromatic carbocycles. The molecule has 3 N–H and O–H groups in total. The van der Waals surface area contributed by atoms with Gasteiger partial charge in [-0.05, 0) is 44.0 Å². The van der Waals surface area contributed by atoms with E-state index in [1.54, 1.807) is 13.2 Å². The van der Waals surface area contributed by atoms with Gasteiger partial charge in [-0.15, -0.1) is 0 Å². The Morgan fingerprint density at radius 3 is 2.83 bits per heavy atom. The van der Waals surface area contributed by atoms with E-state index >= 15 is 0 Å². The number of aliphatic carboxylic acids is 1. The van der Waals surface area contributed by atoms with Crippen LogP contribution in [0.5, 0.6) is 5.75 Å². The number of carboxylic acid groups (broad SMARTS) is 1. The Balaban J connectivity index is 1.84. The van der Waals surface area contributed by atoms with Gasteiger partial charge in [0.15, 0.2) is 0 Å². The second kappa shape index (κ2) is 6.19. The normalized spacial score (nSPS) is 23.8. The largest absolute Gasteiger partial charge is 0.497 e. The van der Waals surface area contributed by atoms with Crippen LogP contribution in [0.3, 0.4) is 0 Å². The van der Waals surface area contributed by atoms with Gasteiger partial charge in [0.1, 0.15) is 11.4 Å². The van der Waals surface area contributed by atoms with Crippen LogP contribution >= 0.6 is 0 Å². The molecule has 1 saturated carbocycles. The number of carboxylic acids is 1. The average molecular weight is 330 g/mol. The number of amides is 1. The number of nitrogens with one attached hydrogen (secondary N) is 2. The molecule has 128 valence electrons. The Bertz CT molecular complexity index is 782. The molecule has 24 heavy (non-hydrogen) atoms. The van der Waals surface area contributed by atoms with Crippen molar-refractivity contribution < 1.29 is 19.4 Å². The van der Waals surface area contributed by atoms with Gasteiger partial charge in [-0.1, -0.05) is 12.8 Å². The molecule has 1 aliphatic rings. The number of rotatable bonds is 4. The molecule has 1 heterocycles. The van der Waals surface area contributed by atoms with Crippen molar-refractivity contribution in [3.8, 4) is 5.75 Å². The van der Waals surface area contributed by atoms with Crippen molar-refractivity contribution in [2.75, 3.05) is 7.11 Å². The number of methoxy groups -OCH3 is 1. The summed E-state index contributed by atoms with van der Waals surface area (Å²) >= 11 is 0. The first-order valence-corrected chi connectivity index (χ1v) is 8.15. The summed E-state index contributed by atoms with van der Waals surface area (Å²) in [6, 6.07) is 7.29. The molecule has 1 aliphatic carbocycles. The Morgan fingerprint density at radius 1 is 1.33 bits per heavy atom. The maximum atomic E-state index is 12.6. The van der Waals surface area contributed by atoms with Crippen LogP contribution in [-0.4, -0.2) is 34.6 Å². The summed E-state index contributed by atoms with van der Waals surface area (Å²) in [6.07, 6.45) is 3.07. The van der Waals surface area contributed by atoms with E-state index in [1.807, 2.05) is 25.1 Å². The smallest absolute Gasteiger partial charge is 0.308 e. The number of hydrogen-bond donors (Lipinski definition) is 3. The third-order valence-corrected chi connectivity index (χ3v) is 4.98. The van der Waals surface area contributed by atoms with Gasteiger partial charge in [-0.2, -0.15) is 0 Å². The Morgan fingerprint density at radius 2 is 2.12 bits per heavy atom. The van der Waals surface area contributed by atoms with Crippen LogP contribution in [0.2, 0.25) is 0 Å². The van der Waals surface area contributed by atoms with Crippen LogP contribution in [-0.2, 0) is 4.79 Å². The molecular weight excluding hydrogens is 308 g/mol. The number of carbonyl (C=O) groups is 2. The highest BCUT2D eigenvalue weighted by atomic mass is 16.5. The van der Waals surface area contributed by atoms with Crippen LogP contribution in [0, 0.1) is 5.92 Å². The van der Waals surface area contributed by atoms with E-state index in [2.05, 4.69) is 10.3 Å². The third kappa shape index (κ3) is 2.96. The summed E-state index contributed by atoms with van der Waals surface area (Å²) in [6.45, 7) is 1.83. The number of aromatic nitrogens is 1. The summed E-state index contributed by atoms with van der Waals surface area (Å²) in [7, 11) is 1.59. The van der Waals surface area contributed by atoms with Gasteiger partial charge in [-0.25, -0.2) is 0 Å². The highest BCUT2D eigenvalue weighted by molar-refractivity contribution is 5.98. The fraction of sp³-hybridized carbons (Fsp3) is 0.444. The summed E-state index contributed by atoms with van der Waals surface area (Å²) in [5.41, 5.74) is 0.537. The second-order valence-corrected chi connectivity index (χ2v) is 6.64. The van der Waals surface area contributed by atoms with Crippen molar-refractivity contribution in [2.45, 2.75) is 38.1 Å². The molecular formula is C18H22N2O4. The summed E-state index contributed by atoms with van der Waals surface area (Å²) in [5.74, 6) is -0.960. The minimum atomic E-state index is -0.848. The van der Waals surface area contributed by atoms with Crippen molar-refractivity contribution >= 4 is 22.8 Å². The molecule has 0 radical (unpaired) electrons. The summed E-state index contributed by atoms with van der Waals surface area (Å²) < 4.78 is 5.19. The van der Waals surface area contributed by atoms with Crippen LogP contribution < -0.4 is 10.1 Å². The van der Waals surface area contributed by atoms with Crippen LogP contribution in [0.25, 0.3) is 10.9 Å². The van der Waals surface area contributed by atoms with Crippen molar-refractivity contribution in [2.24, 2.45) is 5.92 Å². The minimum Gasteiger partial charge on any atom is -0.497 e. The van der Waals surface area contributed by atoms with Crippen molar-refractivity contribution in [1.82, 2.24) is 10.3 Å². The van der Waals surface area contributed by atoms with Gasteiger partial charge in [0, 0.05) is 10.9 Å². The lowest BCUT2D eigenvalue weighted by atomic mass is 9.74. The maximum absolute atomic E-state index is 12.6. The van der Waals surface area contributed by atoms with Gasteiger partial charge in [0.2, 0.25) is 0 Å². The van der Waals surface area contributed by atoms with Crippen molar-refractivity contribution in [1.29, 1.82) is 0 Å². The zero-order valence-electron chi connectivity index (χ0n) is 13.9. The van der Waals surface area contributed by atoms with E-state index in [0.29, 0.717) is 18.5 Å². The molecule has 1 amide bonds. The topological polar surface area (TPSA) is 91.4 Å². The lowest BCUT2D eigenvalue weighted by molar-refractivity contribution is -0.145. The van der Waals surface area contributed by atoms with Crippen molar-refractivity contribution in [3.05, 3.63) is 30.0 Å². The minimum absolute atomic E-state index is 0.277. The Hall–Kier alpha value is -2.50. The predicted molar refractivity (Wildman–Crippen MR) is 90.3 cm³/mol. The zero-order chi connectivity index (χ0) is 17.3. The van der Waals surface area contributed by atoms with E-state index in [1.165, 1.54) is 0 Å². The number of fused-ring (bicyclic) bond motifs is 1. The standard InChI is InChI=1S/C18H22N2O4/c1-18(8-4-3-5-13(18)17(22)23)20-16(21)15-10-11-9-12(24-2)6-7-14(11)19-15/h6-7,9-10,13,19H,3-5,8H2,1-2H3,(H,20,21)(H,22,23). The number of carbonyl (C=O) groups excluding carboxylic acids is 1. The molecule has 0 saturated heterocycles. The zero-order valence-corrected chi connectivity index (χ0v) is 13.9. The van der Waals surface area contributed by atoms with Crippen LogP contribution in [0.1, 0.15) is 43.1 Å². The lowest BCUT2D eigenvalue weighted by Gasteiger charge is -2.39. The van der Waals surface area contributed by atoms with Crippen LogP contribution in [0.15, 0.2) is 24.3 Å². The van der Waals surface area contributed by atoms with Gasteiger partial charge in [0.25, 0.3) is 5.91 Å². The second-order valence-electron chi connectivity index (χ2n) is 6.64. The monoisotopic (exact) mass is 330 g/mol. The summed E-state index contributed by atoms with van der Waals surface area (Å²) in [4.78, 5) is 27.3. The molecule has 2 atom stereocenters. The summed E-state index contributed by atoms with van der Waals surface area (Å²) in [5, 5.41) is 13.3. The molecule has 2 unspecified atom stereocenters. The molecule has 6 nitrogen and oxygen atoms in total. The first-order chi connectivity index (χ1) is 11.4. The molecule has 0 bridgehead atoms. The van der Waals surface area contributed by atoms with Gasteiger partial charge >= 0.3 is 5.97 Å². The van der Waals surface area contributed by atoms with Gasteiger partial charge in [-0.3, -0.25) is 9.59 Å². The molecule has 0 spiro atoms. The SMILES string of the molecule is COc1ccc2[nH]c(C(=O)NC3(C)CCCCC3C(=O)O)cc2c1. The fourth-order valence-electron chi connectivity index (χ4n) is 3.57.